The molecule has 1 aromatic heterocycles. The van der Waals surface area contributed by atoms with Crippen molar-refractivity contribution in [2.24, 2.45) is 12.8 Å². The minimum atomic E-state index is -0.496. The molecule has 2 amide bonds. The van der Waals surface area contributed by atoms with Gasteiger partial charge in [0, 0.05) is 24.7 Å². The summed E-state index contributed by atoms with van der Waals surface area (Å²) in [6, 6.07) is 0.0927. The Balaban J connectivity index is 2.16. The van der Waals surface area contributed by atoms with Gasteiger partial charge in [-0.05, 0) is 25.8 Å². The number of aryl methyl sites for hydroxylation is 2. The van der Waals surface area contributed by atoms with Crippen molar-refractivity contribution in [2.45, 2.75) is 38.6 Å². The minimum Gasteiger partial charge on any atom is -0.368 e. The smallest absolute Gasteiger partial charge is 0.247 e. The Morgan fingerprint density at radius 2 is 2.09 bits per heavy atom. The number of hydrogen-bond donors (Lipinski definition) is 1. The zero-order valence-corrected chi connectivity index (χ0v) is 13.6. The van der Waals surface area contributed by atoms with Crippen LogP contribution in [-0.2, 0) is 16.6 Å². The first kappa shape index (κ1) is 16.5. The molecule has 0 spiro atoms. The van der Waals surface area contributed by atoms with E-state index in [2.05, 4.69) is 5.10 Å². The van der Waals surface area contributed by atoms with Gasteiger partial charge in [-0.2, -0.15) is 5.10 Å². The van der Waals surface area contributed by atoms with Gasteiger partial charge in [-0.25, -0.2) is 0 Å². The summed E-state index contributed by atoms with van der Waals surface area (Å²) < 4.78 is 1.55. The number of nitrogens with zero attached hydrogens (tertiary/aromatic N) is 3. The maximum atomic E-state index is 12.4. The van der Waals surface area contributed by atoms with Crippen LogP contribution >= 0.6 is 11.6 Å². The van der Waals surface area contributed by atoms with Crippen LogP contribution in [0.15, 0.2) is 6.08 Å². The quantitative estimate of drug-likeness (QED) is 0.836. The van der Waals surface area contributed by atoms with Crippen molar-refractivity contribution in [1.29, 1.82) is 0 Å². The minimum absolute atomic E-state index is 0.0480. The van der Waals surface area contributed by atoms with Gasteiger partial charge in [-0.1, -0.05) is 24.4 Å². The predicted octanol–water partition coefficient (Wildman–Crippen LogP) is 1.65. The molecular weight excluding hydrogens is 304 g/mol. The topological polar surface area (TPSA) is 81.2 Å². The third-order valence-corrected chi connectivity index (χ3v) is 4.41. The van der Waals surface area contributed by atoms with E-state index in [1.54, 1.807) is 22.7 Å². The van der Waals surface area contributed by atoms with E-state index < -0.39 is 5.91 Å². The number of carbonyl (C=O) groups is 2. The summed E-state index contributed by atoms with van der Waals surface area (Å²) in [5.74, 6) is -0.714. The summed E-state index contributed by atoms with van der Waals surface area (Å²) in [6.07, 6.45) is 7.07. The molecule has 0 aromatic carbocycles. The second-order valence-electron chi connectivity index (χ2n) is 5.62. The fourth-order valence-corrected chi connectivity index (χ4v) is 3.09. The van der Waals surface area contributed by atoms with Gasteiger partial charge in [0.05, 0.1) is 12.2 Å². The summed E-state index contributed by atoms with van der Waals surface area (Å²) in [7, 11) is 1.74. The van der Waals surface area contributed by atoms with Crippen LogP contribution in [0.2, 0.25) is 5.15 Å². The zero-order chi connectivity index (χ0) is 16.3. The molecule has 22 heavy (non-hydrogen) atoms. The number of carbonyl (C=O) groups excluding carboxylic acids is 2. The summed E-state index contributed by atoms with van der Waals surface area (Å²) in [4.78, 5) is 25.2. The maximum absolute atomic E-state index is 12.4. The SMILES string of the molecule is Cc1nn(C)c(Cl)c1C=CC(=O)N(CC(N)=O)C1CCCC1. The summed E-state index contributed by atoms with van der Waals surface area (Å²) in [6.45, 7) is 1.78. The van der Waals surface area contributed by atoms with Crippen LogP contribution in [0.3, 0.4) is 0 Å². The molecule has 0 unspecified atom stereocenters. The Morgan fingerprint density at radius 1 is 1.45 bits per heavy atom. The molecule has 120 valence electrons. The number of halogens is 1. The predicted molar refractivity (Wildman–Crippen MR) is 85.2 cm³/mol. The van der Waals surface area contributed by atoms with Crippen molar-refractivity contribution < 1.29 is 9.59 Å². The van der Waals surface area contributed by atoms with Crippen molar-refractivity contribution in [1.82, 2.24) is 14.7 Å². The lowest BCUT2D eigenvalue weighted by molar-refractivity contribution is -0.133. The molecule has 0 radical (unpaired) electrons. The van der Waals surface area contributed by atoms with Crippen molar-refractivity contribution >= 4 is 29.5 Å². The molecule has 0 saturated heterocycles. The second-order valence-corrected chi connectivity index (χ2v) is 5.98. The van der Waals surface area contributed by atoms with Gasteiger partial charge >= 0.3 is 0 Å². The van der Waals surface area contributed by atoms with E-state index in [1.807, 2.05) is 6.92 Å². The van der Waals surface area contributed by atoms with Gasteiger partial charge in [0.1, 0.15) is 5.15 Å². The molecule has 1 aliphatic carbocycles. The third-order valence-electron chi connectivity index (χ3n) is 3.96. The lowest BCUT2D eigenvalue weighted by Crippen LogP contribution is -2.43. The summed E-state index contributed by atoms with van der Waals surface area (Å²) >= 11 is 6.14. The highest BCUT2D eigenvalue weighted by Crippen LogP contribution is 2.24. The fraction of sp³-hybridized carbons (Fsp3) is 0.533. The van der Waals surface area contributed by atoms with Gasteiger partial charge in [0.15, 0.2) is 0 Å². The molecule has 1 heterocycles. The average Bonchev–Trinajstić information content (AvgIpc) is 3.04. The number of hydrogen-bond acceptors (Lipinski definition) is 3. The molecule has 7 heteroatoms. The first-order valence-corrected chi connectivity index (χ1v) is 7.74. The van der Waals surface area contributed by atoms with Crippen molar-refractivity contribution in [3.63, 3.8) is 0 Å². The van der Waals surface area contributed by atoms with Gasteiger partial charge in [-0.15, -0.1) is 0 Å². The number of rotatable bonds is 5. The van der Waals surface area contributed by atoms with Gasteiger partial charge in [0.2, 0.25) is 11.8 Å². The van der Waals surface area contributed by atoms with E-state index in [0.717, 1.165) is 31.4 Å². The highest BCUT2D eigenvalue weighted by Gasteiger charge is 2.26. The van der Waals surface area contributed by atoms with E-state index in [-0.39, 0.29) is 18.5 Å². The molecule has 1 aliphatic rings. The molecule has 2 rings (SSSR count). The standard InChI is InChI=1S/C15H21ClN4O2/c1-10-12(15(16)19(2)18-10)7-8-14(22)20(9-13(17)21)11-5-3-4-6-11/h7-8,11H,3-6,9H2,1-2H3,(H2,17,21). The van der Waals surface area contributed by atoms with Gasteiger partial charge in [-0.3, -0.25) is 14.3 Å². The Bertz CT molecular complexity index is 603. The third kappa shape index (κ3) is 3.68. The zero-order valence-electron chi connectivity index (χ0n) is 12.9. The second kappa shape index (κ2) is 6.96. The largest absolute Gasteiger partial charge is 0.368 e. The van der Waals surface area contributed by atoms with Crippen LogP contribution in [0.1, 0.15) is 36.9 Å². The molecule has 0 atom stereocenters. The van der Waals surface area contributed by atoms with Crippen LogP contribution in [0.5, 0.6) is 0 Å². The molecule has 1 aromatic rings. The van der Waals surface area contributed by atoms with Gasteiger partial charge < -0.3 is 10.6 Å². The van der Waals surface area contributed by atoms with Gasteiger partial charge in [0.25, 0.3) is 0 Å². The first-order valence-electron chi connectivity index (χ1n) is 7.36. The number of aromatic nitrogens is 2. The molecule has 1 saturated carbocycles. The monoisotopic (exact) mass is 324 g/mol. The van der Waals surface area contributed by atoms with Crippen LogP contribution in [0, 0.1) is 6.92 Å². The molecule has 1 fully saturated rings. The molecule has 6 nitrogen and oxygen atoms in total. The van der Waals surface area contributed by atoms with Crippen LogP contribution in [0.25, 0.3) is 6.08 Å². The molecule has 2 N–H and O–H groups in total. The lowest BCUT2D eigenvalue weighted by atomic mass is 10.2. The highest BCUT2D eigenvalue weighted by molar-refractivity contribution is 6.31. The van der Waals surface area contributed by atoms with Crippen molar-refractivity contribution in [3.05, 3.63) is 22.5 Å². The maximum Gasteiger partial charge on any atom is 0.247 e. The van der Waals surface area contributed by atoms with E-state index in [9.17, 15) is 9.59 Å². The van der Waals surface area contributed by atoms with Crippen molar-refractivity contribution in [3.8, 4) is 0 Å². The summed E-state index contributed by atoms with van der Waals surface area (Å²) in [5, 5.41) is 4.67. The Morgan fingerprint density at radius 3 is 2.59 bits per heavy atom. The molecular formula is C15H21ClN4O2. The highest BCUT2D eigenvalue weighted by atomic mass is 35.5. The number of amides is 2. The molecule has 0 bridgehead atoms. The fourth-order valence-electron chi connectivity index (χ4n) is 2.86. The van der Waals surface area contributed by atoms with E-state index in [1.165, 1.54) is 6.08 Å². The Kier molecular flexibility index (Phi) is 5.24. The van der Waals surface area contributed by atoms with Crippen LogP contribution in [0.4, 0.5) is 0 Å². The summed E-state index contributed by atoms with van der Waals surface area (Å²) in [5.41, 5.74) is 6.73. The number of nitrogens with two attached hydrogens (primary N) is 1. The van der Waals surface area contributed by atoms with E-state index in [0.29, 0.717) is 10.7 Å². The van der Waals surface area contributed by atoms with Crippen molar-refractivity contribution in [2.75, 3.05) is 6.54 Å². The molecule has 0 aliphatic heterocycles. The van der Waals surface area contributed by atoms with E-state index >= 15 is 0 Å². The Hall–Kier alpha value is -1.82. The Labute approximate surface area is 134 Å². The van der Waals surface area contributed by atoms with Crippen LogP contribution < -0.4 is 5.73 Å². The van der Waals surface area contributed by atoms with E-state index in [4.69, 9.17) is 17.3 Å². The van der Waals surface area contributed by atoms with Crippen LogP contribution in [-0.4, -0.2) is 39.1 Å². The average molecular weight is 325 g/mol. The number of primary amides is 1. The lowest BCUT2D eigenvalue weighted by Gasteiger charge is -2.26. The normalized spacial score (nSPS) is 15.6. The first-order chi connectivity index (χ1) is 10.4.